The summed E-state index contributed by atoms with van der Waals surface area (Å²) in [5, 5.41) is 10.3. The van der Waals surface area contributed by atoms with E-state index in [0.29, 0.717) is 18.0 Å². The predicted molar refractivity (Wildman–Crippen MR) is 105 cm³/mol. The molecule has 142 valence electrons. The maximum absolute atomic E-state index is 13.2. The van der Waals surface area contributed by atoms with Crippen LogP contribution in [0.15, 0.2) is 35.8 Å². The van der Waals surface area contributed by atoms with E-state index in [1.54, 1.807) is 34.3 Å². The number of aromatic nitrogens is 3. The van der Waals surface area contributed by atoms with Gasteiger partial charge in [0.25, 0.3) is 5.91 Å². The zero-order valence-corrected chi connectivity index (χ0v) is 16.7. The third kappa shape index (κ3) is 4.24. The smallest absolute Gasteiger partial charge is 0.255 e. The fourth-order valence-electron chi connectivity index (χ4n) is 2.81. The Morgan fingerprint density at radius 3 is 2.48 bits per heavy atom. The fourth-order valence-corrected chi connectivity index (χ4v) is 3.65. The first-order valence-electron chi connectivity index (χ1n) is 8.93. The molecule has 3 aromatic rings. The molecule has 0 aliphatic heterocycles. The molecule has 3 rings (SSSR count). The first kappa shape index (κ1) is 19.2. The lowest BCUT2D eigenvalue weighted by molar-refractivity contribution is 0.0949. The van der Waals surface area contributed by atoms with E-state index in [4.69, 9.17) is 0 Å². The van der Waals surface area contributed by atoms with Gasteiger partial charge in [-0.2, -0.15) is 5.10 Å². The average molecular weight is 386 g/mol. The lowest BCUT2D eigenvalue weighted by Gasteiger charge is -2.13. The molecule has 0 saturated heterocycles. The second-order valence-electron chi connectivity index (χ2n) is 7.00. The molecule has 0 unspecified atom stereocenters. The number of nitrogens with one attached hydrogen (secondary N) is 1. The van der Waals surface area contributed by atoms with Gasteiger partial charge in [0.05, 0.1) is 40.4 Å². The van der Waals surface area contributed by atoms with E-state index in [1.807, 2.05) is 19.2 Å². The van der Waals surface area contributed by atoms with Crippen LogP contribution < -0.4 is 5.32 Å². The van der Waals surface area contributed by atoms with Gasteiger partial charge < -0.3 is 5.32 Å². The Morgan fingerprint density at radius 1 is 1.19 bits per heavy atom. The Morgan fingerprint density at radius 2 is 1.89 bits per heavy atom. The Labute approximate surface area is 162 Å². The molecule has 0 atom stereocenters. The summed E-state index contributed by atoms with van der Waals surface area (Å²) in [5.41, 5.74) is 2.89. The highest BCUT2D eigenvalue weighted by atomic mass is 32.1. The van der Waals surface area contributed by atoms with Gasteiger partial charge in [0.15, 0.2) is 0 Å². The third-order valence-electron chi connectivity index (χ3n) is 4.16. The van der Waals surface area contributed by atoms with Crippen molar-refractivity contribution in [2.45, 2.75) is 46.1 Å². The minimum absolute atomic E-state index is 0.0742. The first-order valence-corrected chi connectivity index (χ1v) is 9.81. The standard InChI is InChI=1S/C20H23FN4OS/c1-12(2)18-17(10-23-25(18)16-7-5-14(21)6-8-16)19(26)22-9-15-11-27-20(24-15)13(3)4/h5-8,10-13H,9H2,1-4H3,(H,22,26). The second kappa shape index (κ2) is 8.00. The lowest BCUT2D eigenvalue weighted by atomic mass is 10.0. The summed E-state index contributed by atoms with van der Waals surface area (Å²) >= 11 is 1.61. The molecule has 0 aliphatic rings. The largest absolute Gasteiger partial charge is 0.346 e. The molecule has 5 nitrogen and oxygen atoms in total. The van der Waals surface area contributed by atoms with Crippen molar-refractivity contribution in [3.63, 3.8) is 0 Å². The van der Waals surface area contributed by atoms with Crippen LogP contribution in [0.25, 0.3) is 5.69 Å². The van der Waals surface area contributed by atoms with Crippen LogP contribution in [-0.2, 0) is 6.54 Å². The molecule has 0 fully saturated rings. The van der Waals surface area contributed by atoms with Crippen LogP contribution in [0.3, 0.4) is 0 Å². The van der Waals surface area contributed by atoms with Crippen LogP contribution >= 0.6 is 11.3 Å². The number of carbonyl (C=O) groups is 1. The molecular weight excluding hydrogens is 363 g/mol. The van der Waals surface area contributed by atoms with Gasteiger partial charge in [-0.25, -0.2) is 14.1 Å². The quantitative estimate of drug-likeness (QED) is 0.671. The van der Waals surface area contributed by atoms with Gasteiger partial charge in [-0.3, -0.25) is 4.79 Å². The molecule has 0 radical (unpaired) electrons. The third-order valence-corrected chi connectivity index (χ3v) is 5.36. The summed E-state index contributed by atoms with van der Waals surface area (Å²) in [4.78, 5) is 17.3. The fraction of sp³-hybridized carbons (Fsp3) is 0.350. The molecule has 1 N–H and O–H groups in total. The highest BCUT2D eigenvalue weighted by Crippen LogP contribution is 2.24. The zero-order chi connectivity index (χ0) is 19.6. The highest BCUT2D eigenvalue weighted by molar-refractivity contribution is 7.09. The summed E-state index contributed by atoms with van der Waals surface area (Å²) in [6.45, 7) is 8.58. The Bertz CT molecular complexity index is 928. The van der Waals surface area contributed by atoms with Crippen molar-refractivity contribution >= 4 is 17.2 Å². The van der Waals surface area contributed by atoms with E-state index in [1.165, 1.54) is 12.1 Å². The number of rotatable bonds is 6. The van der Waals surface area contributed by atoms with E-state index >= 15 is 0 Å². The van der Waals surface area contributed by atoms with Crippen molar-refractivity contribution < 1.29 is 9.18 Å². The Balaban J connectivity index is 1.80. The number of nitrogens with zero attached hydrogens (tertiary/aromatic N) is 3. The molecule has 0 spiro atoms. The van der Waals surface area contributed by atoms with Gasteiger partial charge >= 0.3 is 0 Å². The molecule has 0 aliphatic carbocycles. The van der Waals surface area contributed by atoms with Crippen LogP contribution in [0.1, 0.15) is 66.3 Å². The van der Waals surface area contributed by atoms with Crippen LogP contribution in [0.4, 0.5) is 4.39 Å². The molecule has 7 heteroatoms. The van der Waals surface area contributed by atoms with Crippen molar-refractivity contribution in [1.29, 1.82) is 0 Å². The normalized spacial score (nSPS) is 11.4. The summed E-state index contributed by atoms with van der Waals surface area (Å²) < 4.78 is 14.9. The van der Waals surface area contributed by atoms with E-state index in [0.717, 1.165) is 22.1 Å². The van der Waals surface area contributed by atoms with Crippen molar-refractivity contribution in [2.24, 2.45) is 0 Å². The number of hydrogen-bond donors (Lipinski definition) is 1. The van der Waals surface area contributed by atoms with Gasteiger partial charge in [0.2, 0.25) is 0 Å². The van der Waals surface area contributed by atoms with Gasteiger partial charge in [0, 0.05) is 11.3 Å². The highest BCUT2D eigenvalue weighted by Gasteiger charge is 2.21. The van der Waals surface area contributed by atoms with E-state index in [9.17, 15) is 9.18 Å². The number of halogens is 1. The van der Waals surface area contributed by atoms with Crippen molar-refractivity contribution in [3.8, 4) is 5.69 Å². The van der Waals surface area contributed by atoms with Gasteiger partial charge in [-0.15, -0.1) is 11.3 Å². The van der Waals surface area contributed by atoms with Gasteiger partial charge in [0.1, 0.15) is 5.82 Å². The van der Waals surface area contributed by atoms with Crippen molar-refractivity contribution in [1.82, 2.24) is 20.1 Å². The number of hydrogen-bond acceptors (Lipinski definition) is 4. The Hall–Kier alpha value is -2.54. The average Bonchev–Trinajstić information content (AvgIpc) is 3.27. The molecule has 0 saturated carbocycles. The monoisotopic (exact) mass is 386 g/mol. The summed E-state index contributed by atoms with van der Waals surface area (Å²) in [7, 11) is 0. The maximum atomic E-state index is 13.2. The molecule has 1 aromatic carbocycles. The lowest BCUT2D eigenvalue weighted by Crippen LogP contribution is -2.24. The van der Waals surface area contributed by atoms with Crippen LogP contribution in [0.2, 0.25) is 0 Å². The summed E-state index contributed by atoms with van der Waals surface area (Å²) in [5.74, 6) is -0.0452. The van der Waals surface area contributed by atoms with Crippen molar-refractivity contribution in [3.05, 3.63) is 63.6 Å². The SMILES string of the molecule is CC(C)c1nc(CNC(=O)c2cnn(-c3ccc(F)cc3)c2C(C)C)cs1. The second-order valence-corrected chi connectivity index (χ2v) is 7.89. The number of thiazole rings is 1. The van der Waals surface area contributed by atoms with Crippen LogP contribution in [0.5, 0.6) is 0 Å². The van der Waals surface area contributed by atoms with Crippen LogP contribution in [-0.4, -0.2) is 20.7 Å². The molecule has 1 amide bonds. The van der Waals surface area contributed by atoms with Crippen LogP contribution in [0, 0.1) is 5.82 Å². The molecule has 2 aromatic heterocycles. The first-order chi connectivity index (χ1) is 12.9. The molecule has 2 heterocycles. The topological polar surface area (TPSA) is 59.8 Å². The minimum atomic E-state index is -0.306. The zero-order valence-electron chi connectivity index (χ0n) is 15.9. The summed E-state index contributed by atoms with van der Waals surface area (Å²) in [6, 6.07) is 6.07. The predicted octanol–water partition coefficient (Wildman–Crippen LogP) is 4.64. The van der Waals surface area contributed by atoms with E-state index in [2.05, 4.69) is 29.2 Å². The maximum Gasteiger partial charge on any atom is 0.255 e. The van der Waals surface area contributed by atoms with E-state index < -0.39 is 0 Å². The summed E-state index contributed by atoms with van der Waals surface area (Å²) in [6.07, 6.45) is 1.56. The number of benzene rings is 1. The number of carbonyl (C=O) groups excluding carboxylic acids is 1. The molecular formula is C20H23FN4OS. The van der Waals surface area contributed by atoms with Gasteiger partial charge in [-0.1, -0.05) is 27.7 Å². The number of amides is 1. The van der Waals surface area contributed by atoms with E-state index in [-0.39, 0.29) is 17.6 Å². The molecule has 27 heavy (non-hydrogen) atoms. The van der Waals surface area contributed by atoms with Crippen molar-refractivity contribution in [2.75, 3.05) is 0 Å². The van der Waals surface area contributed by atoms with Gasteiger partial charge in [-0.05, 0) is 30.2 Å². The Kier molecular flexibility index (Phi) is 5.70. The minimum Gasteiger partial charge on any atom is -0.346 e. The molecule has 0 bridgehead atoms.